The molecule has 2 N–H and O–H groups in total. The molecule has 8 heteroatoms. The molecule has 1 unspecified atom stereocenters. The Morgan fingerprint density at radius 1 is 1.23 bits per heavy atom. The molecule has 0 aromatic carbocycles. The lowest BCUT2D eigenvalue weighted by Gasteiger charge is -2.34. The highest BCUT2D eigenvalue weighted by Gasteiger charge is 2.26. The van der Waals surface area contributed by atoms with Gasteiger partial charge < -0.3 is 5.11 Å². The average molecular weight is 428 g/mol. The third kappa shape index (κ3) is 4.19. The first-order valence-electron chi connectivity index (χ1n) is 10.9. The molecule has 7 nitrogen and oxygen atoms in total. The van der Waals surface area contributed by atoms with E-state index in [2.05, 4.69) is 16.0 Å². The number of nitrogens with one attached hydrogen (secondary N) is 1. The van der Waals surface area contributed by atoms with Crippen LogP contribution in [0.2, 0.25) is 0 Å². The molecule has 2 fully saturated rings. The van der Waals surface area contributed by atoms with Gasteiger partial charge in [-0.15, -0.1) is 0 Å². The van der Waals surface area contributed by atoms with Crippen LogP contribution in [-0.4, -0.2) is 36.9 Å². The molecule has 0 radical (unpaired) electrons. The quantitative estimate of drug-likeness (QED) is 0.556. The van der Waals surface area contributed by atoms with E-state index in [9.17, 15) is 9.90 Å². The summed E-state index contributed by atoms with van der Waals surface area (Å²) in [7, 11) is 0. The summed E-state index contributed by atoms with van der Waals surface area (Å²) in [6.45, 7) is 2.59. The van der Waals surface area contributed by atoms with Gasteiger partial charge in [0.1, 0.15) is 5.56 Å². The van der Waals surface area contributed by atoms with E-state index >= 15 is 0 Å². The van der Waals surface area contributed by atoms with Crippen LogP contribution in [0.3, 0.4) is 0 Å². The summed E-state index contributed by atoms with van der Waals surface area (Å²) in [4.78, 5) is 19.7. The van der Waals surface area contributed by atoms with Crippen molar-refractivity contribution >= 4 is 17.9 Å². The first-order valence-corrected chi connectivity index (χ1v) is 11.3. The number of hydrazone groups is 1. The van der Waals surface area contributed by atoms with Crippen molar-refractivity contribution in [1.82, 2.24) is 19.5 Å². The summed E-state index contributed by atoms with van der Waals surface area (Å²) in [6.07, 6.45) is 12.1. The van der Waals surface area contributed by atoms with Crippen LogP contribution in [0.4, 0.5) is 0 Å². The standard InChI is InChI=1S/C22H29N5O2S/c1-15(25-26-13-6-5-11-18(26)16-8-7-12-23-14-16)19-20(28)24-22(30)27(21(19)29)17-9-3-2-4-10-17/h7-8,12,14,17-18,29H,2-6,9-11,13H2,1H3,(H,24,28,30)/b25-15+. The molecule has 1 aliphatic heterocycles. The Labute approximate surface area is 181 Å². The van der Waals surface area contributed by atoms with Crippen LogP contribution in [0.1, 0.15) is 81.5 Å². The van der Waals surface area contributed by atoms with Gasteiger partial charge in [0, 0.05) is 25.0 Å². The Balaban J connectivity index is 1.71. The van der Waals surface area contributed by atoms with Gasteiger partial charge in [0.05, 0.1) is 11.8 Å². The third-order valence-corrected chi connectivity index (χ3v) is 6.54. The van der Waals surface area contributed by atoms with Gasteiger partial charge in [0.25, 0.3) is 5.56 Å². The fourth-order valence-corrected chi connectivity index (χ4v) is 5.06. The van der Waals surface area contributed by atoms with Gasteiger partial charge in [-0.3, -0.25) is 24.3 Å². The summed E-state index contributed by atoms with van der Waals surface area (Å²) in [5, 5.41) is 17.9. The molecular weight excluding hydrogens is 398 g/mol. The Morgan fingerprint density at radius 3 is 2.73 bits per heavy atom. The number of H-pyrrole nitrogens is 1. The van der Waals surface area contributed by atoms with Gasteiger partial charge in [-0.1, -0.05) is 25.3 Å². The van der Waals surface area contributed by atoms with Crippen LogP contribution in [0.25, 0.3) is 0 Å². The lowest BCUT2D eigenvalue weighted by molar-refractivity contribution is 0.155. The maximum Gasteiger partial charge on any atom is 0.264 e. The number of aromatic hydroxyl groups is 1. The van der Waals surface area contributed by atoms with Crippen LogP contribution < -0.4 is 5.56 Å². The van der Waals surface area contributed by atoms with Crippen molar-refractivity contribution in [2.24, 2.45) is 5.10 Å². The van der Waals surface area contributed by atoms with E-state index in [1.54, 1.807) is 17.7 Å². The molecule has 160 valence electrons. The van der Waals surface area contributed by atoms with Crippen molar-refractivity contribution in [3.05, 3.63) is 50.8 Å². The fourth-order valence-electron chi connectivity index (χ4n) is 4.73. The zero-order valence-electron chi connectivity index (χ0n) is 17.4. The van der Waals surface area contributed by atoms with Gasteiger partial charge in [-0.25, -0.2) is 0 Å². The lowest BCUT2D eigenvalue weighted by Crippen LogP contribution is -2.31. The summed E-state index contributed by atoms with van der Waals surface area (Å²) in [5.74, 6) is -0.0631. The molecule has 0 amide bonds. The highest BCUT2D eigenvalue weighted by atomic mass is 32.1. The summed E-state index contributed by atoms with van der Waals surface area (Å²) in [6, 6.07) is 4.23. The smallest absolute Gasteiger partial charge is 0.264 e. The topological polar surface area (TPSA) is 86.5 Å². The summed E-state index contributed by atoms with van der Waals surface area (Å²) in [5.41, 5.74) is 1.44. The highest BCUT2D eigenvalue weighted by Crippen LogP contribution is 2.33. The number of piperidine rings is 1. The highest BCUT2D eigenvalue weighted by molar-refractivity contribution is 7.71. The molecule has 0 bridgehead atoms. The van der Waals surface area contributed by atoms with Crippen LogP contribution >= 0.6 is 12.2 Å². The third-order valence-electron chi connectivity index (χ3n) is 6.24. The Kier molecular flexibility index (Phi) is 6.32. The Hall–Kier alpha value is -2.48. The molecule has 2 aromatic rings. The number of aromatic amines is 1. The van der Waals surface area contributed by atoms with Crippen molar-refractivity contribution in [1.29, 1.82) is 0 Å². The fraction of sp³-hybridized carbons (Fsp3) is 0.545. The number of rotatable bonds is 4. The molecule has 2 aliphatic rings. The molecule has 0 spiro atoms. The van der Waals surface area contributed by atoms with Crippen molar-refractivity contribution in [3.63, 3.8) is 0 Å². The number of aromatic nitrogens is 3. The average Bonchev–Trinajstić information content (AvgIpc) is 2.75. The van der Waals surface area contributed by atoms with Gasteiger partial charge in [0.2, 0.25) is 5.88 Å². The molecule has 1 atom stereocenters. The number of hydrogen-bond acceptors (Lipinski definition) is 6. The maximum atomic E-state index is 12.7. The van der Waals surface area contributed by atoms with Gasteiger partial charge >= 0.3 is 0 Å². The largest absolute Gasteiger partial charge is 0.494 e. The van der Waals surface area contributed by atoms with E-state index < -0.39 is 0 Å². The van der Waals surface area contributed by atoms with E-state index in [1.807, 2.05) is 17.3 Å². The predicted molar refractivity (Wildman–Crippen MR) is 119 cm³/mol. The van der Waals surface area contributed by atoms with Gasteiger partial charge in [-0.05, 0) is 62.9 Å². The van der Waals surface area contributed by atoms with Gasteiger partial charge in [0.15, 0.2) is 4.77 Å². The first-order chi connectivity index (χ1) is 14.6. The second-order valence-corrected chi connectivity index (χ2v) is 8.65. The number of nitrogens with zero attached hydrogens (tertiary/aromatic N) is 4. The van der Waals surface area contributed by atoms with Crippen LogP contribution in [0.15, 0.2) is 34.4 Å². The monoisotopic (exact) mass is 427 g/mol. The number of pyridine rings is 1. The number of hydrogen-bond donors (Lipinski definition) is 2. The van der Waals surface area contributed by atoms with Crippen molar-refractivity contribution in [2.45, 2.75) is 70.4 Å². The van der Waals surface area contributed by atoms with E-state index in [0.717, 1.165) is 57.1 Å². The molecule has 1 saturated carbocycles. The minimum atomic E-state index is -0.388. The summed E-state index contributed by atoms with van der Waals surface area (Å²) >= 11 is 5.39. The predicted octanol–water partition coefficient (Wildman–Crippen LogP) is 4.46. The zero-order chi connectivity index (χ0) is 21.1. The SMILES string of the molecule is C/C(=N\N1CCCCC1c1cccnc1)c1c(O)n(C2CCCCC2)c(=S)[nH]c1=O. The van der Waals surface area contributed by atoms with Crippen LogP contribution in [0, 0.1) is 4.77 Å². The van der Waals surface area contributed by atoms with Crippen LogP contribution in [-0.2, 0) is 0 Å². The molecule has 3 heterocycles. The van der Waals surface area contributed by atoms with Crippen LogP contribution in [0.5, 0.6) is 5.88 Å². The molecule has 1 aliphatic carbocycles. The van der Waals surface area contributed by atoms with E-state index in [4.69, 9.17) is 17.3 Å². The molecule has 2 aromatic heterocycles. The molecule has 1 saturated heterocycles. The minimum Gasteiger partial charge on any atom is -0.494 e. The Morgan fingerprint density at radius 2 is 2.00 bits per heavy atom. The van der Waals surface area contributed by atoms with E-state index in [-0.39, 0.29) is 33.9 Å². The molecule has 4 rings (SSSR count). The van der Waals surface area contributed by atoms with E-state index in [0.29, 0.717) is 5.71 Å². The molecule has 30 heavy (non-hydrogen) atoms. The second-order valence-electron chi connectivity index (χ2n) is 8.27. The first kappa shape index (κ1) is 20.8. The maximum absolute atomic E-state index is 12.7. The zero-order valence-corrected chi connectivity index (χ0v) is 18.2. The normalized spacial score (nSPS) is 21.0. The Bertz CT molecular complexity index is 1020. The van der Waals surface area contributed by atoms with Gasteiger partial charge in [-0.2, -0.15) is 5.10 Å². The van der Waals surface area contributed by atoms with Crippen molar-refractivity contribution in [3.8, 4) is 5.88 Å². The van der Waals surface area contributed by atoms with E-state index in [1.165, 1.54) is 6.42 Å². The minimum absolute atomic E-state index is 0.0631. The molecular formula is C22H29N5O2S. The van der Waals surface area contributed by atoms with Crippen molar-refractivity contribution < 1.29 is 5.11 Å². The van der Waals surface area contributed by atoms with Crippen molar-refractivity contribution in [2.75, 3.05) is 6.54 Å². The lowest BCUT2D eigenvalue weighted by atomic mass is 9.95. The second kappa shape index (κ2) is 9.12. The summed E-state index contributed by atoms with van der Waals surface area (Å²) < 4.78 is 2.01.